The molecule has 0 bridgehead atoms. The molecule has 0 saturated carbocycles. The Morgan fingerprint density at radius 2 is 1.04 bits per heavy atom. The van der Waals surface area contributed by atoms with E-state index in [1.807, 2.05) is 17.4 Å². The van der Waals surface area contributed by atoms with Crippen LogP contribution >= 0.6 is 11.3 Å². The number of nitrogens with zero attached hydrogens (tertiary/aromatic N) is 2. The molecule has 0 fully saturated rings. The second-order valence-corrected chi connectivity index (χ2v) is 16.5. The normalized spacial score (nSPS) is 13.0. The van der Waals surface area contributed by atoms with E-state index in [1.165, 1.54) is 64.3 Å². The quantitative estimate of drug-likeness (QED) is 0.176. The molecule has 56 heavy (non-hydrogen) atoms. The zero-order valence-corrected chi connectivity index (χ0v) is 31.9. The van der Waals surface area contributed by atoms with Crippen LogP contribution in [-0.2, 0) is 5.41 Å². The van der Waals surface area contributed by atoms with E-state index in [9.17, 15) is 0 Å². The summed E-state index contributed by atoms with van der Waals surface area (Å²) >= 11 is 1.87. The summed E-state index contributed by atoms with van der Waals surface area (Å²) in [4.78, 5) is 10.6. The van der Waals surface area contributed by atoms with Crippen molar-refractivity contribution in [1.82, 2.24) is 9.97 Å². The molecule has 2 nitrogen and oxygen atoms in total. The predicted molar refractivity (Wildman–Crippen MR) is 237 cm³/mol. The summed E-state index contributed by atoms with van der Waals surface area (Å²) in [6.07, 6.45) is 0. The molecule has 11 rings (SSSR count). The van der Waals surface area contributed by atoms with Gasteiger partial charge >= 0.3 is 0 Å². The van der Waals surface area contributed by atoms with E-state index in [4.69, 9.17) is 9.97 Å². The highest BCUT2D eigenvalue weighted by atomic mass is 32.1. The van der Waals surface area contributed by atoms with E-state index < -0.39 is 0 Å². The number of thiophene rings is 1. The van der Waals surface area contributed by atoms with E-state index >= 15 is 0 Å². The van der Waals surface area contributed by atoms with E-state index in [2.05, 4.69) is 190 Å². The molecule has 264 valence electrons. The Labute approximate surface area is 330 Å². The first-order valence-electron chi connectivity index (χ1n) is 19.2. The number of hydrogen-bond acceptors (Lipinski definition) is 3. The summed E-state index contributed by atoms with van der Waals surface area (Å²) in [5.41, 5.74) is 14.8. The van der Waals surface area contributed by atoms with Crippen LogP contribution in [0.3, 0.4) is 0 Å². The maximum absolute atomic E-state index is 5.30. The van der Waals surface area contributed by atoms with Gasteiger partial charge in [-0.15, -0.1) is 11.3 Å². The smallest absolute Gasteiger partial charge is 0.160 e. The van der Waals surface area contributed by atoms with Gasteiger partial charge in [-0.3, -0.25) is 0 Å². The molecule has 2 heterocycles. The third-order valence-electron chi connectivity index (χ3n) is 11.7. The first-order valence-corrected chi connectivity index (χ1v) is 20.0. The van der Waals surface area contributed by atoms with Gasteiger partial charge in [0.15, 0.2) is 5.82 Å². The van der Waals surface area contributed by atoms with Gasteiger partial charge in [0.2, 0.25) is 0 Å². The second kappa shape index (κ2) is 12.7. The van der Waals surface area contributed by atoms with E-state index in [0.717, 1.165) is 39.2 Å². The van der Waals surface area contributed by atoms with Crippen LogP contribution in [-0.4, -0.2) is 9.97 Å². The molecule has 10 aromatic rings. The van der Waals surface area contributed by atoms with Crippen LogP contribution in [0, 0.1) is 0 Å². The van der Waals surface area contributed by atoms with Crippen molar-refractivity contribution in [2.75, 3.05) is 0 Å². The number of aromatic nitrogens is 2. The number of hydrogen-bond donors (Lipinski definition) is 0. The highest BCUT2D eigenvalue weighted by Crippen LogP contribution is 2.50. The van der Waals surface area contributed by atoms with Crippen molar-refractivity contribution in [3.8, 4) is 67.3 Å². The number of benzene rings is 8. The molecule has 0 radical (unpaired) electrons. The molecule has 3 heteroatoms. The molecule has 0 atom stereocenters. The Hall–Kier alpha value is -6.68. The van der Waals surface area contributed by atoms with Crippen molar-refractivity contribution in [3.63, 3.8) is 0 Å². The van der Waals surface area contributed by atoms with Crippen molar-refractivity contribution in [2.24, 2.45) is 0 Å². The average molecular weight is 733 g/mol. The molecule has 2 aromatic heterocycles. The first kappa shape index (κ1) is 32.7. The lowest BCUT2D eigenvalue weighted by Crippen LogP contribution is -2.14. The first-order chi connectivity index (χ1) is 27.5. The predicted octanol–water partition coefficient (Wildman–Crippen LogP) is 14.6. The summed E-state index contributed by atoms with van der Waals surface area (Å²) in [5.74, 6) is 0.715. The van der Waals surface area contributed by atoms with Gasteiger partial charge in [0.1, 0.15) is 0 Å². The maximum atomic E-state index is 5.30. The van der Waals surface area contributed by atoms with Crippen LogP contribution in [0.5, 0.6) is 0 Å². The lowest BCUT2D eigenvalue weighted by atomic mass is 9.82. The van der Waals surface area contributed by atoms with Crippen molar-refractivity contribution in [3.05, 3.63) is 193 Å². The van der Waals surface area contributed by atoms with Crippen molar-refractivity contribution in [2.45, 2.75) is 19.3 Å². The van der Waals surface area contributed by atoms with E-state index in [1.54, 1.807) is 0 Å². The minimum atomic E-state index is -0.110. The molecular formula is C53H36N2S. The largest absolute Gasteiger partial charge is 0.228 e. The second-order valence-electron chi connectivity index (χ2n) is 15.4. The third-order valence-corrected chi connectivity index (χ3v) is 12.8. The average Bonchev–Trinajstić information content (AvgIpc) is 3.75. The Kier molecular flexibility index (Phi) is 7.42. The lowest BCUT2D eigenvalue weighted by Gasteiger charge is -2.22. The van der Waals surface area contributed by atoms with Gasteiger partial charge in [-0.1, -0.05) is 153 Å². The zero-order valence-electron chi connectivity index (χ0n) is 31.1. The van der Waals surface area contributed by atoms with Crippen molar-refractivity contribution < 1.29 is 0 Å². The van der Waals surface area contributed by atoms with Gasteiger partial charge in [0.25, 0.3) is 0 Å². The molecule has 0 spiro atoms. The van der Waals surface area contributed by atoms with Gasteiger partial charge in [-0.05, 0) is 97.7 Å². The summed E-state index contributed by atoms with van der Waals surface area (Å²) in [5, 5.41) is 5.23. The van der Waals surface area contributed by atoms with Gasteiger partial charge in [0.05, 0.1) is 11.4 Å². The molecule has 0 unspecified atom stereocenters. The standard InChI is InChI=1S/C53H36N2S/c1-53(2)45-20-12-11-19-42(45)43-24-22-37(30-46(43)53)47-32-48(55-52(54-47)35-16-7-4-8-17-35)40-28-38(33-13-5-3-6-14-33)27-39(29-40)36-21-25-44-50(31-36)56-49-26-23-34-15-9-10-18-41(34)51(44)49/h3-32H,1-2H3. The Balaban J connectivity index is 1.10. The van der Waals surface area contributed by atoms with Crippen LogP contribution in [0.1, 0.15) is 25.0 Å². The van der Waals surface area contributed by atoms with Crippen molar-refractivity contribution in [1.29, 1.82) is 0 Å². The topological polar surface area (TPSA) is 25.8 Å². The molecule has 1 aliphatic rings. The minimum absolute atomic E-state index is 0.110. The Bertz CT molecular complexity index is 3160. The van der Waals surface area contributed by atoms with Crippen LogP contribution < -0.4 is 0 Å². The lowest BCUT2D eigenvalue weighted by molar-refractivity contribution is 0.660. The van der Waals surface area contributed by atoms with Gasteiger partial charge in [0, 0.05) is 42.3 Å². The van der Waals surface area contributed by atoms with Crippen LogP contribution in [0.25, 0.3) is 98.2 Å². The maximum Gasteiger partial charge on any atom is 0.160 e. The molecule has 0 saturated heterocycles. The van der Waals surface area contributed by atoms with Gasteiger partial charge in [-0.2, -0.15) is 0 Å². The fourth-order valence-electron chi connectivity index (χ4n) is 8.79. The number of rotatable bonds is 5. The third kappa shape index (κ3) is 5.31. The highest BCUT2D eigenvalue weighted by molar-refractivity contribution is 7.26. The molecule has 8 aromatic carbocycles. The summed E-state index contributed by atoms with van der Waals surface area (Å²) in [6, 6.07) is 66.0. The molecule has 1 aliphatic carbocycles. The van der Waals surface area contributed by atoms with Gasteiger partial charge < -0.3 is 0 Å². The van der Waals surface area contributed by atoms with E-state index in [0.29, 0.717) is 5.82 Å². The monoisotopic (exact) mass is 732 g/mol. The fourth-order valence-corrected chi connectivity index (χ4v) is 9.95. The van der Waals surface area contributed by atoms with E-state index in [-0.39, 0.29) is 5.41 Å². The molecule has 0 aliphatic heterocycles. The zero-order chi connectivity index (χ0) is 37.4. The van der Waals surface area contributed by atoms with Crippen LogP contribution in [0.4, 0.5) is 0 Å². The highest BCUT2D eigenvalue weighted by Gasteiger charge is 2.35. The molecular weight excluding hydrogens is 697 g/mol. The summed E-state index contributed by atoms with van der Waals surface area (Å²) in [6.45, 7) is 4.66. The fraction of sp³-hybridized carbons (Fsp3) is 0.0566. The van der Waals surface area contributed by atoms with Crippen LogP contribution in [0.2, 0.25) is 0 Å². The molecule has 0 amide bonds. The molecule has 0 N–H and O–H groups in total. The van der Waals surface area contributed by atoms with Crippen molar-refractivity contribution >= 4 is 42.3 Å². The van der Waals surface area contributed by atoms with Gasteiger partial charge in [-0.25, -0.2) is 9.97 Å². The van der Waals surface area contributed by atoms with Crippen LogP contribution in [0.15, 0.2) is 182 Å². The number of fused-ring (bicyclic) bond motifs is 8. The Morgan fingerprint density at radius 1 is 0.393 bits per heavy atom. The summed E-state index contributed by atoms with van der Waals surface area (Å²) < 4.78 is 2.60. The minimum Gasteiger partial charge on any atom is -0.228 e. The Morgan fingerprint density at radius 3 is 1.86 bits per heavy atom. The SMILES string of the molecule is CC1(C)c2ccccc2-c2ccc(-c3cc(-c4cc(-c5ccccc5)cc(-c5ccc6c(c5)sc5ccc7ccccc7c56)c4)nc(-c4ccccc4)n3)cc21. The summed E-state index contributed by atoms with van der Waals surface area (Å²) in [7, 11) is 0.